The zero-order valence-electron chi connectivity index (χ0n) is 7.75. The maximum atomic E-state index is 11.2. The molecule has 1 rings (SSSR count). The molecule has 1 saturated heterocycles. The highest BCUT2D eigenvalue weighted by Gasteiger charge is 2.17. The third kappa shape index (κ3) is 3.61. The van der Waals surface area contributed by atoms with E-state index in [1.807, 2.05) is 0 Å². The molecule has 1 fully saturated rings. The summed E-state index contributed by atoms with van der Waals surface area (Å²) in [4.78, 5) is 11.2. The van der Waals surface area contributed by atoms with Crippen LogP contribution >= 0.6 is 0 Å². The number of hydrogen-bond acceptors (Lipinski definition) is 3. The molecule has 5 nitrogen and oxygen atoms in total. The molecule has 1 unspecified atom stereocenters. The van der Waals surface area contributed by atoms with Crippen molar-refractivity contribution in [3.05, 3.63) is 0 Å². The number of nitrogens with one attached hydrogen (secondary N) is 2. The fourth-order valence-electron chi connectivity index (χ4n) is 1.14. The molecule has 2 amide bonds. The van der Waals surface area contributed by atoms with E-state index < -0.39 is 0 Å². The largest absolute Gasteiger partial charge is 0.394 e. The zero-order chi connectivity index (χ0) is 9.68. The van der Waals surface area contributed by atoms with Crippen LogP contribution in [-0.2, 0) is 4.74 Å². The topological polar surface area (TPSA) is 70.6 Å². The van der Waals surface area contributed by atoms with Gasteiger partial charge in [0.05, 0.1) is 25.3 Å². The van der Waals surface area contributed by atoms with E-state index in [0.29, 0.717) is 13.2 Å². The fraction of sp³-hybridized carbons (Fsp3) is 0.875. The number of hydrogen-bond donors (Lipinski definition) is 3. The molecule has 2 atom stereocenters. The van der Waals surface area contributed by atoms with Crippen molar-refractivity contribution in [2.75, 3.05) is 19.8 Å². The monoisotopic (exact) mass is 188 g/mol. The van der Waals surface area contributed by atoms with E-state index in [4.69, 9.17) is 9.84 Å². The summed E-state index contributed by atoms with van der Waals surface area (Å²) in [7, 11) is 0. The minimum absolute atomic E-state index is 0.0470. The van der Waals surface area contributed by atoms with Crippen LogP contribution < -0.4 is 10.6 Å². The number of aliphatic hydroxyl groups is 1. The summed E-state index contributed by atoms with van der Waals surface area (Å²) in [5.41, 5.74) is 0. The standard InChI is InChI=1S/C8H16N2O3/c1-6(4-11)9-8(12)10-7-2-3-13-5-7/h6-7,11H,2-5H2,1H3,(H2,9,10,12)/t6-,7?/m1/s1. The maximum absolute atomic E-state index is 11.2. The Bertz CT molecular complexity index is 169. The van der Waals surface area contributed by atoms with E-state index in [-0.39, 0.29) is 24.7 Å². The lowest BCUT2D eigenvalue weighted by molar-refractivity contribution is 0.187. The van der Waals surface area contributed by atoms with Gasteiger partial charge < -0.3 is 20.5 Å². The number of carbonyl (C=O) groups is 1. The molecule has 0 spiro atoms. The molecule has 0 aliphatic carbocycles. The highest BCUT2D eigenvalue weighted by Crippen LogP contribution is 2.02. The van der Waals surface area contributed by atoms with Gasteiger partial charge in [-0.05, 0) is 13.3 Å². The van der Waals surface area contributed by atoms with Gasteiger partial charge in [-0.1, -0.05) is 0 Å². The second kappa shape index (κ2) is 5.04. The molecule has 3 N–H and O–H groups in total. The van der Waals surface area contributed by atoms with Gasteiger partial charge in [0.1, 0.15) is 0 Å². The van der Waals surface area contributed by atoms with Gasteiger partial charge in [0.2, 0.25) is 0 Å². The average molecular weight is 188 g/mol. The van der Waals surface area contributed by atoms with Crippen LogP contribution in [0.3, 0.4) is 0 Å². The first-order valence-corrected chi connectivity index (χ1v) is 4.48. The predicted molar refractivity (Wildman–Crippen MR) is 47.4 cm³/mol. The number of rotatable bonds is 3. The van der Waals surface area contributed by atoms with Crippen molar-refractivity contribution >= 4 is 6.03 Å². The van der Waals surface area contributed by atoms with Crippen molar-refractivity contribution in [2.45, 2.75) is 25.4 Å². The lowest BCUT2D eigenvalue weighted by Gasteiger charge is -2.14. The molecule has 0 radical (unpaired) electrons. The van der Waals surface area contributed by atoms with Gasteiger partial charge in [0.25, 0.3) is 0 Å². The first-order valence-electron chi connectivity index (χ1n) is 4.48. The molecule has 1 aliphatic rings. The third-order valence-electron chi connectivity index (χ3n) is 1.92. The van der Waals surface area contributed by atoms with Gasteiger partial charge in [-0.15, -0.1) is 0 Å². The number of ether oxygens (including phenoxy) is 1. The van der Waals surface area contributed by atoms with Gasteiger partial charge >= 0.3 is 6.03 Å². The summed E-state index contributed by atoms with van der Waals surface area (Å²) in [5, 5.41) is 14.0. The Morgan fingerprint density at radius 1 is 1.77 bits per heavy atom. The molecule has 13 heavy (non-hydrogen) atoms. The predicted octanol–water partition coefficient (Wildman–Crippen LogP) is -0.545. The zero-order valence-corrected chi connectivity index (χ0v) is 7.75. The van der Waals surface area contributed by atoms with E-state index >= 15 is 0 Å². The van der Waals surface area contributed by atoms with Crippen LogP contribution in [0.1, 0.15) is 13.3 Å². The summed E-state index contributed by atoms with van der Waals surface area (Å²) in [6, 6.07) is -0.328. The molecule has 5 heteroatoms. The molecule has 1 heterocycles. The van der Waals surface area contributed by atoms with Crippen molar-refractivity contribution in [2.24, 2.45) is 0 Å². The molecular formula is C8H16N2O3. The first kappa shape index (κ1) is 10.3. The highest BCUT2D eigenvalue weighted by atomic mass is 16.5. The summed E-state index contributed by atoms with van der Waals surface area (Å²) in [6.07, 6.45) is 0.862. The van der Waals surface area contributed by atoms with Crippen LogP contribution in [-0.4, -0.2) is 43.0 Å². The van der Waals surface area contributed by atoms with Crippen LogP contribution in [0.4, 0.5) is 4.79 Å². The summed E-state index contributed by atoms with van der Waals surface area (Å²) in [5.74, 6) is 0. The third-order valence-corrected chi connectivity index (χ3v) is 1.92. The molecule has 0 bridgehead atoms. The van der Waals surface area contributed by atoms with Gasteiger partial charge in [-0.2, -0.15) is 0 Å². The molecule has 0 aromatic carbocycles. The quantitative estimate of drug-likeness (QED) is 0.557. The van der Waals surface area contributed by atoms with Gasteiger partial charge in [-0.25, -0.2) is 4.79 Å². The van der Waals surface area contributed by atoms with Gasteiger partial charge in [0.15, 0.2) is 0 Å². The first-order chi connectivity index (χ1) is 6.22. The molecular weight excluding hydrogens is 172 g/mol. The molecule has 76 valence electrons. The number of aliphatic hydroxyl groups excluding tert-OH is 1. The van der Waals surface area contributed by atoms with Crippen molar-refractivity contribution in [1.82, 2.24) is 10.6 Å². The van der Waals surface area contributed by atoms with Crippen molar-refractivity contribution < 1.29 is 14.6 Å². The second-order valence-corrected chi connectivity index (χ2v) is 3.26. The van der Waals surface area contributed by atoms with Crippen LogP contribution in [0, 0.1) is 0 Å². The van der Waals surface area contributed by atoms with E-state index in [1.54, 1.807) is 6.92 Å². The Hall–Kier alpha value is -0.810. The lowest BCUT2D eigenvalue weighted by Crippen LogP contribution is -2.46. The Morgan fingerprint density at radius 3 is 3.08 bits per heavy atom. The minimum Gasteiger partial charge on any atom is -0.394 e. The Morgan fingerprint density at radius 2 is 2.54 bits per heavy atom. The summed E-state index contributed by atoms with van der Waals surface area (Å²) < 4.78 is 5.10. The second-order valence-electron chi connectivity index (χ2n) is 3.26. The Labute approximate surface area is 77.5 Å². The number of urea groups is 1. The smallest absolute Gasteiger partial charge is 0.315 e. The molecule has 0 aromatic rings. The summed E-state index contributed by atoms with van der Waals surface area (Å²) >= 11 is 0. The van der Waals surface area contributed by atoms with E-state index in [0.717, 1.165) is 6.42 Å². The highest BCUT2D eigenvalue weighted by molar-refractivity contribution is 5.74. The minimum atomic E-state index is -0.239. The number of carbonyl (C=O) groups excluding carboxylic acids is 1. The van der Waals surface area contributed by atoms with E-state index in [2.05, 4.69) is 10.6 Å². The SMILES string of the molecule is C[C@H](CO)NC(=O)NC1CCOC1. The van der Waals surface area contributed by atoms with Crippen molar-refractivity contribution in [3.63, 3.8) is 0 Å². The van der Waals surface area contributed by atoms with Crippen LogP contribution in [0.5, 0.6) is 0 Å². The van der Waals surface area contributed by atoms with E-state index in [9.17, 15) is 4.79 Å². The summed E-state index contributed by atoms with van der Waals surface area (Å²) in [6.45, 7) is 2.99. The lowest BCUT2D eigenvalue weighted by atomic mass is 10.3. The van der Waals surface area contributed by atoms with Crippen molar-refractivity contribution in [3.8, 4) is 0 Å². The fourth-order valence-corrected chi connectivity index (χ4v) is 1.14. The van der Waals surface area contributed by atoms with Crippen LogP contribution in [0.2, 0.25) is 0 Å². The molecule has 0 saturated carbocycles. The average Bonchev–Trinajstić information content (AvgIpc) is 2.56. The Balaban J connectivity index is 2.16. The molecule has 0 aromatic heterocycles. The van der Waals surface area contributed by atoms with Crippen LogP contribution in [0.15, 0.2) is 0 Å². The van der Waals surface area contributed by atoms with E-state index in [1.165, 1.54) is 0 Å². The van der Waals surface area contributed by atoms with Crippen LogP contribution in [0.25, 0.3) is 0 Å². The Kier molecular flexibility index (Phi) is 3.98. The van der Waals surface area contributed by atoms with Gasteiger partial charge in [-0.3, -0.25) is 0 Å². The normalized spacial score (nSPS) is 24.0. The van der Waals surface area contributed by atoms with Gasteiger partial charge in [0, 0.05) is 6.61 Å². The molecule has 1 aliphatic heterocycles. The number of amides is 2. The van der Waals surface area contributed by atoms with Crippen molar-refractivity contribution in [1.29, 1.82) is 0 Å². The maximum Gasteiger partial charge on any atom is 0.315 e.